The Labute approximate surface area is 186 Å². The highest BCUT2D eigenvalue weighted by Gasteiger charge is 2.30. The van der Waals surface area contributed by atoms with E-state index in [1.807, 2.05) is 0 Å². The maximum atomic E-state index is 13.8. The predicted octanol–water partition coefficient (Wildman–Crippen LogP) is 3.80. The van der Waals surface area contributed by atoms with Crippen LogP contribution in [0.5, 0.6) is 0 Å². The van der Waals surface area contributed by atoms with Crippen LogP contribution in [-0.4, -0.2) is 33.4 Å². The number of halogens is 4. The normalized spacial score (nSPS) is 12.6. The van der Waals surface area contributed by atoms with Crippen molar-refractivity contribution < 1.29 is 27.5 Å². The number of aliphatic hydroxyl groups excluding tert-OH is 1. The van der Waals surface area contributed by atoms with Crippen LogP contribution < -0.4 is 10.9 Å². The third-order valence-electron chi connectivity index (χ3n) is 5.03. The van der Waals surface area contributed by atoms with Crippen molar-refractivity contribution in [2.75, 3.05) is 6.61 Å². The lowest BCUT2D eigenvalue weighted by atomic mass is 10.0. The highest BCUT2D eigenvalue weighted by Crippen LogP contribution is 2.30. The first kappa shape index (κ1) is 24.1. The molecule has 0 unspecified atom stereocenters. The summed E-state index contributed by atoms with van der Waals surface area (Å²) in [5, 5.41) is 16.2. The molecular formula is C23H21F4N3O3. The molecule has 33 heavy (non-hydrogen) atoms. The van der Waals surface area contributed by atoms with Gasteiger partial charge in [0.2, 0.25) is 0 Å². The Morgan fingerprint density at radius 1 is 1.12 bits per heavy atom. The number of hydrogen-bond acceptors (Lipinski definition) is 4. The third-order valence-corrected chi connectivity index (χ3v) is 5.03. The van der Waals surface area contributed by atoms with Crippen LogP contribution in [-0.2, 0) is 6.18 Å². The van der Waals surface area contributed by atoms with Crippen LogP contribution in [0.2, 0.25) is 0 Å². The maximum Gasteiger partial charge on any atom is 0.416 e. The van der Waals surface area contributed by atoms with Gasteiger partial charge in [0.15, 0.2) is 0 Å². The number of alkyl halides is 3. The Kier molecular flexibility index (Phi) is 6.97. The molecule has 3 rings (SSSR count). The van der Waals surface area contributed by atoms with Crippen LogP contribution >= 0.6 is 0 Å². The second-order valence-corrected chi connectivity index (χ2v) is 7.72. The summed E-state index contributed by atoms with van der Waals surface area (Å²) in [5.74, 6) is -1.58. The fourth-order valence-electron chi connectivity index (χ4n) is 3.08. The highest BCUT2D eigenvalue weighted by molar-refractivity contribution is 5.95. The Hall–Kier alpha value is -3.53. The molecule has 2 N–H and O–H groups in total. The minimum atomic E-state index is -4.53. The SMILES string of the molecule is CC(C)[C@H](CO)NC(=O)c1cc(-c2ccc(C(F)(F)F)cc2)nn(-c2cccc(F)c2)c1=O. The second kappa shape index (κ2) is 9.53. The number of rotatable bonds is 6. The average Bonchev–Trinajstić information content (AvgIpc) is 2.76. The van der Waals surface area contributed by atoms with Gasteiger partial charge in [-0.1, -0.05) is 32.0 Å². The van der Waals surface area contributed by atoms with Gasteiger partial charge in [-0.2, -0.15) is 23.0 Å². The third kappa shape index (κ3) is 5.46. The van der Waals surface area contributed by atoms with Crippen molar-refractivity contribution in [3.05, 3.63) is 81.9 Å². The number of benzene rings is 2. The van der Waals surface area contributed by atoms with Crippen molar-refractivity contribution in [3.63, 3.8) is 0 Å². The van der Waals surface area contributed by atoms with Gasteiger partial charge >= 0.3 is 6.18 Å². The molecule has 10 heteroatoms. The lowest BCUT2D eigenvalue weighted by molar-refractivity contribution is -0.137. The van der Waals surface area contributed by atoms with Crippen molar-refractivity contribution in [1.29, 1.82) is 0 Å². The molecule has 0 aliphatic heterocycles. The van der Waals surface area contributed by atoms with E-state index in [1.165, 1.54) is 12.1 Å². The van der Waals surface area contributed by atoms with E-state index in [0.29, 0.717) is 0 Å². The molecule has 0 saturated carbocycles. The molecule has 2 aromatic carbocycles. The predicted molar refractivity (Wildman–Crippen MR) is 113 cm³/mol. The molecule has 0 fully saturated rings. The van der Waals surface area contributed by atoms with E-state index in [1.54, 1.807) is 13.8 Å². The molecule has 1 atom stereocenters. The molecule has 0 bridgehead atoms. The summed E-state index contributed by atoms with van der Waals surface area (Å²) < 4.78 is 53.3. The van der Waals surface area contributed by atoms with E-state index in [0.717, 1.165) is 47.1 Å². The number of amides is 1. The van der Waals surface area contributed by atoms with Gasteiger partial charge in [0, 0.05) is 5.56 Å². The van der Waals surface area contributed by atoms with E-state index in [2.05, 4.69) is 10.4 Å². The molecule has 174 valence electrons. The largest absolute Gasteiger partial charge is 0.416 e. The molecular weight excluding hydrogens is 442 g/mol. The number of carbonyl (C=O) groups excluding carboxylic acids is 1. The van der Waals surface area contributed by atoms with E-state index >= 15 is 0 Å². The first-order valence-corrected chi connectivity index (χ1v) is 10.0. The van der Waals surface area contributed by atoms with Crippen LogP contribution in [0.1, 0.15) is 29.8 Å². The fourth-order valence-corrected chi connectivity index (χ4v) is 3.08. The summed E-state index contributed by atoms with van der Waals surface area (Å²) in [5.41, 5.74) is -1.80. The smallest absolute Gasteiger partial charge is 0.394 e. The summed E-state index contributed by atoms with van der Waals surface area (Å²) in [6, 6.07) is 9.52. The Morgan fingerprint density at radius 2 is 1.79 bits per heavy atom. The number of aliphatic hydroxyl groups is 1. The molecule has 0 radical (unpaired) electrons. The first-order chi connectivity index (χ1) is 15.5. The van der Waals surface area contributed by atoms with Crippen LogP contribution in [0.15, 0.2) is 59.4 Å². The first-order valence-electron chi connectivity index (χ1n) is 10.0. The molecule has 1 heterocycles. The van der Waals surface area contributed by atoms with Gasteiger partial charge in [0.1, 0.15) is 11.4 Å². The summed E-state index contributed by atoms with van der Waals surface area (Å²) in [7, 11) is 0. The molecule has 0 saturated heterocycles. The Balaban J connectivity index is 2.16. The lowest BCUT2D eigenvalue weighted by Crippen LogP contribution is -2.43. The van der Waals surface area contributed by atoms with E-state index in [9.17, 15) is 32.3 Å². The highest BCUT2D eigenvalue weighted by atomic mass is 19.4. The molecule has 1 amide bonds. The van der Waals surface area contributed by atoms with Gasteiger partial charge in [0.05, 0.1) is 29.6 Å². The summed E-state index contributed by atoms with van der Waals surface area (Å²) >= 11 is 0. The fraction of sp³-hybridized carbons (Fsp3) is 0.261. The van der Waals surface area contributed by atoms with Crippen LogP contribution in [0.3, 0.4) is 0 Å². The molecule has 0 spiro atoms. The van der Waals surface area contributed by atoms with Crippen molar-refractivity contribution in [2.24, 2.45) is 5.92 Å². The standard InChI is InChI=1S/C23H21F4N3O3/c1-13(2)20(12-31)28-21(32)18-11-19(14-6-8-15(9-7-14)23(25,26)27)29-30(22(18)33)17-5-3-4-16(24)10-17/h3-11,13,20,31H,12H2,1-2H3,(H,28,32)/t20-/m0/s1. The summed E-state index contributed by atoms with van der Waals surface area (Å²) in [6.45, 7) is 3.18. The molecule has 3 aromatic rings. The molecule has 1 aromatic heterocycles. The monoisotopic (exact) mass is 463 g/mol. The number of nitrogens with one attached hydrogen (secondary N) is 1. The summed E-state index contributed by atoms with van der Waals surface area (Å²) in [6.07, 6.45) is -4.53. The van der Waals surface area contributed by atoms with Gasteiger partial charge in [-0.05, 0) is 42.3 Å². The molecule has 0 aliphatic rings. The van der Waals surface area contributed by atoms with Gasteiger partial charge < -0.3 is 10.4 Å². The number of carbonyl (C=O) groups is 1. The summed E-state index contributed by atoms with van der Waals surface area (Å²) in [4.78, 5) is 25.9. The second-order valence-electron chi connectivity index (χ2n) is 7.72. The zero-order valence-corrected chi connectivity index (χ0v) is 17.7. The van der Waals surface area contributed by atoms with Crippen molar-refractivity contribution >= 4 is 5.91 Å². The Bertz CT molecular complexity index is 1200. The quantitative estimate of drug-likeness (QED) is 0.545. The topological polar surface area (TPSA) is 84.2 Å². The zero-order chi connectivity index (χ0) is 24.3. The maximum absolute atomic E-state index is 13.8. The van der Waals surface area contributed by atoms with E-state index in [4.69, 9.17) is 0 Å². The number of hydrogen-bond donors (Lipinski definition) is 2. The van der Waals surface area contributed by atoms with Crippen molar-refractivity contribution in [2.45, 2.75) is 26.1 Å². The lowest BCUT2D eigenvalue weighted by Gasteiger charge is -2.20. The number of aromatic nitrogens is 2. The van der Waals surface area contributed by atoms with Crippen LogP contribution in [0.4, 0.5) is 17.6 Å². The van der Waals surface area contributed by atoms with Crippen LogP contribution in [0.25, 0.3) is 16.9 Å². The minimum Gasteiger partial charge on any atom is -0.394 e. The van der Waals surface area contributed by atoms with Crippen molar-refractivity contribution in [1.82, 2.24) is 15.1 Å². The van der Waals surface area contributed by atoms with E-state index < -0.39 is 35.1 Å². The van der Waals surface area contributed by atoms with E-state index in [-0.39, 0.29) is 35.0 Å². The minimum absolute atomic E-state index is 0.0304. The van der Waals surface area contributed by atoms with Crippen LogP contribution in [0, 0.1) is 11.7 Å². The van der Waals surface area contributed by atoms with Gasteiger partial charge in [0.25, 0.3) is 11.5 Å². The van der Waals surface area contributed by atoms with Crippen molar-refractivity contribution in [3.8, 4) is 16.9 Å². The Morgan fingerprint density at radius 3 is 2.33 bits per heavy atom. The van der Waals surface area contributed by atoms with Gasteiger partial charge in [-0.15, -0.1) is 0 Å². The average molecular weight is 463 g/mol. The molecule has 6 nitrogen and oxygen atoms in total. The number of nitrogens with zero attached hydrogens (tertiary/aromatic N) is 2. The van der Waals surface area contributed by atoms with Gasteiger partial charge in [-0.3, -0.25) is 9.59 Å². The molecule has 0 aliphatic carbocycles. The zero-order valence-electron chi connectivity index (χ0n) is 17.7. The van der Waals surface area contributed by atoms with Gasteiger partial charge in [-0.25, -0.2) is 4.39 Å².